The molecule has 0 aromatic carbocycles. The Hall–Kier alpha value is -1.89. The number of rotatable bonds is 4. The van der Waals surface area contributed by atoms with Crippen LogP contribution >= 0.6 is 11.3 Å². The van der Waals surface area contributed by atoms with Gasteiger partial charge in [0, 0.05) is 22.7 Å². The first kappa shape index (κ1) is 18.5. The van der Waals surface area contributed by atoms with Gasteiger partial charge in [0.1, 0.15) is 5.00 Å². The van der Waals surface area contributed by atoms with Gasteiger partial charge in [-0.1, -0.05) is 6.42 Å². The van der Waals surface area contributed by atoms with Gasteiger partial charge >= 0.3 is 5.97 Å². The molecule has 2 saturated carbocycles. The number of anilines is 1. The smallest absolute Gasteiger partial charge is 0.341 e. The molecule has 0 radical (unpaired) electrons. The highest BCUT2D eigenvalue weighted by atomic mass is 32.1. The van der Waals surface area contributed by atoms with Crippen molar-refractivity contribution in [1.29, 1.82) is 0 Å². The highest BCUT2D eigenvalue weighted by molar-refractivity contribution is 7.17. The fourth-order valence-electron chi connectivity index (χ4n) is 5.35. The van der Waals surface area contributed by atoms with Gasteiger partial charge < -0.3 is 20.0 Å². The predicted molar refractivity (Wildman–Crippen MR) is 98.4 cm³/mol. The van der Waals surface area contributed by atoms with Crippen molar-refractivity contribution in [1.82, 2.24) is 0 Å². The molecule has 0 unspecified atom stereocenters. The Labute approximate surface area is 162 Å². The third-order valence-electron chi connectivity index (χ3n) is 6.54. The minimum Gasteiger partial charge on any atom is -0.550 e. The molecule has 1 aromatic heterocycles. The number of esters is 1. The molecule has 27 heavy (non-hydrogen) atoms. The summed E-state index contributed by atoms with van der Waals surface area (Å²) in [4.78, 5) is 38.2. The van der Waals surface area contributed by atoms with Crippen molar-refractivity contribution in [2.24, 2.45) is 23.7 Å². The zero-order valence-electron chi connectivity index (χ0n) is 15.4. The number of thiophene rings is 1. The Kier molecular flexibility index (Phi) is 4.97. The van der Waals surface area contributed by atoms with Gasteiger partial charge in [0.05, 0.1) is 12.7 Å². The average molecular weight is 390 g/mol. The Bertz CT molecular complexity index is 786. The molecule has 2 bridgehead atoms. The van der Waals surface area contributed by atoms with E-state index < -0.39 is 23.8 Å². The summed E-state index contributed by atoms with van der Waals surface area (Å²) >= 11 is 1.44. The fraction of sp³-hybridized carbons (Fsp3) is 0.650. The van der Waals surface area contributed by atoms with Gasteiger partial charge in [0.15, 0.2) is 0 Å². The first-order valence-electron chi connectivity index (χ1n) is 9.75. The SMILES string of the molecule is COC(=O)c1c(NC(=O)[C@@H]2[C@@H]3CC[C@@H](C3)[C@@H]2C(=O)[O-])sc2c1CCCCC2. The molecule has 0 saturated heterocycles. The minimum absolute atomic E-state index is 0.0379. The first-order valence-corrected chi connectivity index (χ1v) is 10.6. The second-order valence-electron chi connectivity index (χ2n) is 7.95. The van der Waals surface area contributed by atoms with Crippen LogP contribution in [0.5, 0.6) is 0 Å². The van der Waals surface area contributed by atoms with E-state index in [0.29, 0.717) is 10.6 Å². The Morgan fingerprint density at radius 3 is 2.48 bits per heavy atom. The predicted octanol–water partition coefficient (Wildman–Crippen LogP) is 2.15. The summed E-state index contributed by atoms with van der Waals surface area (Å²) in [7, 11) is 1.34. The van der Waals surface area contributed by atoms with E-state index in [-0.39, 0.29) is 17.7 Å². The number of methoxy groups -OCH3 is 1. The van der Waals surface area contributed by atoms with Crippen LogP contribution in [0.15, 0.2) is 0 Å². The van der Waals surface area contributed by atoms with Crippen molar-refractivity contribution in [2.75, 3.05) is 12.4 Å². The third kappa shape index (κ3) is 3.16. The molecule has 1 N–H and O–H groups in total. The van der Waals surface area contributed by atoms with Crippen molar-refractivity contribution in [3.63, 3.8) is 0 Å². The zero-order valence-corrected chi connectivity index (χ0v) is 16.2. The molecule has 3 aliphatic carbocycles. The van der Waals surface area contributed by atoms with Crippen LogP contribution < -0.4 is 10.4 Å². The second kappa shape index (κ2) is 7.26. The molecule has 1 heterocycles. The summed E-state index contributed by atoms with van der Waals surface area (Å²) in [5.74, 6) is -3.01. The normalized spacial score (nSPS) is 29.1. The molecule has 4 atom stereocenters. The van der Waals surface area contributed by atoms with Crippen LogP contribution in [0.2, 0.25) is 0 Å². The van der Waals surface area contributed by atoms with Crippen LogP contribution in [-0.4, -0.2) is 25.0 Å². The Morgan fingerprint density at radius 2 is 1.78 bits per heavy atom. The lowest BCUT2D eigenvalue weighted by Crippen LogP contribution is -2.44. The number of carbonyl (C=O) groups excluding carboxylic acids is 3. The van der Waals surface area contributed by atoms with E-state index >= 15 is 0 Å². The van der Waals surface area contributed by atoms with Crippen LogP contribution in [0.3, 0.4) is 0 Å². The van der Waals surface area contributed by atoms with Crippen molar-refractivity contribution in [3.05, 3.63) is 16.0 Å². The number of carboxylic acids is 1. The van der Waals surface area contributed by atoms with Gasteiger partial charge in [-0.25, -0.2) is 4.79 Å². The molecule has 3 aliphatic rings. The number of carbonyl (C=O) groups is 3. The van der Waals surface area contributed by atoms with Gasteiger partial charge in [-0.3, -0.25) is 4.79 Å². The van der Waals surface area contributed by atoms with E-state index in [0.717, 1.165) is 61.8 Å². The number of carboxylic acid groups (broad SMARTS) is 1. The largest absolute Gasteiger partial charge is 0.550 e. The van der Waals surface area contributed by atoms with E-state index in [2.05, 4.69) is 5.32 Å². The monoisotopic (exact) mass is 390 g/mol. The molecule has 6 nitrogen and oxygen atoms in total. The van der Waals surface area contributed by atoms with E-state index in [1.54, 1.807) is 0 Å². The summed E-state index contributed by atoms with van der Waals surface area (Å²) in [5, 5.41) is 15.0. The third-order valence-corrected chi connectivity index (χ3v) is 7.75. The number of hydrogen-bond acceptors (Lipinski definition) is 6. The molecule has 2 fully saturated rings. The summed E-state index contributed by atoms with van der Waals surface area (Å²) in [6, 6.07) is 0. The lowest BCUT2D eigenvalue weighted by Gasteiger charge is -2.30. The average Bonchev–Trinajstić information content (AvgIpc) is 3.30. The number of fused-ring (bicyclic) bond motifs is 3. The molecular weight excluding hydrogens is 366 g/mol. The maximum Gasteiger partial charge on any atom is 0.341 e. The molecule has 0 aliphatic heterocycles. The summed E-state index contributed by atoms with van der Waals surface area (Å²) in [5.41, 5.74) is 1.45. The highest BCUT2D eigenvalue weighted by Gasteiger charge is 2.51. The molecule has 0 spiro atoms. The molecule has 4 rings (SSSR count). The van der Waals surface area contributed by atoms with Crippen molar-refractivity contribution < 1.29 is 24.2 Å². The summed E-state index contributed by atoms with van der Waals surface area (Å²) < 4.78 is 4.97. The summed E-state index contributed by atoms with van der Waals surface area (Å²) in [6.45, 7) is 0. The number of amides is 1. The van der Waals surface area contributed by atoms with E-state index in [4.69, 9.17) is 4.74 Å². The van der Waals surface area contributed by atoms with Crippen molar-refractivity contribution in [3.8, 4) is 0 Å². The second-order valence-corrected chi connectivity index (χ2v) is 9.06. The number of hydrogen-bond donors (Lipinski definition) is 1. The molecule has 1 amide bonds. The van der Waals surface area contributed by atoms with Gasteiger partial charge in [0.2, 0.25) is 5.91 Å². The van der Waals surface area contributed by atoms with Crippen LogP contribution in [0.25, 0.3) is 0 Å². The maximum atomic E-state index is 13.0. The van der Waals surface area contributed by atoms with E-state index in [9.17, 15) is 19.5 Å². The number of aryl methyl sites for hydroxylation is 1. The number of aliphatic carboxylic acids is 1. The minimum atomic E-state index is -1.13. The molecular formula is C20H24NO5S-. The fourth-order valence-corrected chi connectivity index (χ4v) is 6.63. The first-order chi connectivity index (χ1) is 13.0. The summed E-state index contributed by atoms with van der Waals surface area (Å²) in [6.07, 6.45) is 7.44. The lowest BCUT2D eigenvalue weighted by molar-refractivity contribution is -0.314. The number of nitrogens with one attached hydrogen (secondary N) is 1. The number of ether oxygens (including phenoxy) is 1. The quantitative estimate of drug-likeness (QED) is 0.628. The molecule has 7 heteroatoms. The zero-order chi connectivity index (χ0) is 19.1. The van der Waals surface area contributed by atoms with Crippen LogP contribution in [0.4, 0.5) is 5.00 Å². The van der Waals surface area contributed by atoms with E-state index in [1.807, 2.05) is 0 Å². The Balaban J connectivity index is 1.63. The van der Waals surface area contributed by atoms with Crippen molar-refractivity contribution in [2.45, 2.75) is 51.4 Å². The van der Waals surface area contributed by atoms with Crippen LogP contribution in [-0.2, 0) is 27.2 Å². The van der Waals surface area contributed by atoms with Gasteiger partial charge in [-0.2, -0.15) is 0 Å². The van der Waals surface area contributed by atoms with Gasteiger partial charge in [-0.05, 0) is 62.3 Å². The van der Waals surface area contributed by atoms with E-state index in [1.165, 1.54) is 18.4 Å². The highest BCUT2D eigenvalue weighted by Crippen LogP contribution is 2.52. The molecule has 1 aromatic rings. The topological polar surface area (TPSA) is 95.5 Å². The lowest BCUT2D eigenvalue weighted by atomic mass is 9.79. The van der Waals surface area contributed by atoms with Gasteiger partial charge in [0.25, 0.3) is 0 Å². The van der Waals surface area contributed by atoms with Gasteiger partial charge in [-0.15, -0.1) is 11.3 Å². The standard InChI is InChI=1S/C20H25NO5S/c1-26-20(25)16-12-5-3-2-4-6-13(12)27-18(16)21-17(22)14-10-7-8-11(9-10)15(14)19(23)24/h10-11,14-15H,2-9H2,1H3,(H,21,22)(H,23,24)/p-1/t10-,11+,14-,15+/m1/s1. The Morgan fingerprint density at radius 1 is 1.07 bits per heavy atom. The van der Waals surface area contributed by atoms with Crippen LogP contribution in [0.1, 0.15) is 59.3 Å². The van der Waals surface area contributed by atoms with Crippen LogP contribution in [0, 0.1) is 23.7 Å². The molecule has 146 valence electrons. The maximum absolute atomic E-state index is 13.0. The van der Waals surface area contributed by atoms with Crippen molar-refractivity contribution >= 4 is 34.2 Å².